The number of aryl methyl sites for hydroxylation is 1. The fourth-order valence-electron chi connectivity index (χ4n) is 4.30. The van der Waals surface area contributed by atoms with Crippen LogP contribution in [0.1, 0.15) is 21.5 Å². The Morgan fingerprint density at radius 1 is 1.03 bits per heavy atom. The van der Waals surface area contributed by atoms with Crippen molar-refractivity contribution in [1.29, 1.82) is 0 Å². The molecular weight excluding hydrogens is 485 g/mol. The molecule has 8 heteroatoms. The van der Waals surface area contributed by atoms with E-state index < -0.39 is 0 Å². The molecule has 0 unspecified atom stereocenters. The van der Waals surface area contributed by atoms with Gasteiger partial charge in [-0.1, -0.05) is 30.3 Å². The van der Waals surface area contributed by atoms with Gasteiger partial charge in [0.1, 0.15) is 5.82 Å². The lowest BCUT2D eigenvalue weighted by Crippen LogP contribution is -2.43. The van der Waals surface area contributed by atoms with Crippen molar-refractivity contribution in [1.82, 2.24) is 14.8 Å². The van der Waals surface area contributed by atoms with Crippen molar-refractivity contribution in [3.05, 3.63) is 94.6 Å². The van der Waals surface area contributed by atoms with Gasteiger partial charge in [0.2, 0.25) is 0 Å². The van der Waals surface area contributed by atoms with E-state index in [1.807, 2.05) is 54.8 Å². The van der Waals surface area contributed by atoms with Crippen LogP contribution in [0, 0.1) is 12.7 Å². The fourth-order valence-corrected chi connectivity index (χ4v) is 5.03. The zero-order valence-electron chi connectivity index (χ0n) is 21.0. The Kier molecular flexibility index (Phi) is 7.60. The van der Waals surface area contributed by atoms with Crippen molar-refractivity contribution < 1.29 is 9.18 Å². The molecule has 0 saturated carbocycles. The molecule has 4 aromatic rings. The minimum atomic E-state index is -0.299. The van der Waals surface area contributed by atoms with E-state index in [1.165, 1.54) is 23.0 Å². The molecule has 0 atom stereocenters. The quantitative estimate of drug-likeness (QED) is 0.316. The molecule has 1 aliphatic heterocycles. The van der Waals surface area contributed by atoms with Gasteiger partial charge in [-0.25, -0.2) is 9.37 Å². The molecule has 5 rings (SSSR count). The van der Waals surface area contributed by atoms with E-state index in [0.29, 0.717) is 27.6 Å². The van der Waals surface area contributed by atoms with Crippen LogP contribution < -0.4 is 10.6 Å². The summed E-state index contributed by atoms with van der Waals surface area (Å²) in [5, 5.41) is 8.79. The van der Waals surface area contributed by atoms with Gasteiger partial charge in [-0.2, -0.15) is 0 Å². The summed E-state index contributed by atoms with van der Waals surface area (Å²) in [5.41, 5.74) is 5.41. The summed E-state index contributed by atoms with van der Waals surface area (Å²) in [7, 11) is 2.15. The van der Waals surface area contributed by atoms with Crippen LogP contribution in [0.5, 0.6) is 0 Å². The third-order valence-electron chi connectivity index (χ3n) is 6.61. The summed E-state index contributed by atoms with van der Waals surface area (Å²) in [5.74, 6) is -0.454. The number of likely N-dealkylation sites (N-methyl/N-ethyl adjacent to an activating group) is 1. The highest BCUT2D eigenvalue weighted by molar-refractivity contribution is 7.14. The smallest absolute Gasteiger partial charge is 0.255 e. The van der Waals surface area contributed by atoms with Crippen LogP contribution in [-0.2, 0) is 6.54 Å². The second-order valence-corrected chi connectivity index (χ2v) is 10.3. The van der Waals surface area contributed by atoms with Crippen LogP contribution in [0.2, 0.25) is 0 Å². The minimum absolute atomic E-state index is 0.156. The first-order chi connectivity index (χ1) is 17.9. The molecule has 2 heterocycles. The molecule has 1 aromatic heterocycles. The number of halogens is 1. The van der Waals surface area contributed by atoms with Gasteiger partial charge in [-0.15, -0.1) is 11.3 Å². The van der Waals surface area contributed by atoms with Crippen molar-refractivity contribution >= 4 is 33.8 Å². The van der Waals surface area contributed by atoms with Crippen LogP contribution in [0.15, 0.2) is 72.1 Å². The fraction of sp³-hybridized carbons (Fsp3) is 0.241. The molecule has 1 aliphatic rings. The molecule has 0 radical (unpaired) electrons. The van der Waals surface area contributed by atoms with E-state index in [2.05, 4.69) is 32.5 Å². The standard InChI is InChI=1S/C29H30FN5OS/c1-20-7-12-23(17-26(20)32-29-33-27(19-37-29)24-5-3-4-6-25(24)30)31-28(36)22-10-8-21(9-11-22)18-35-15-13-34(2)14-16-35/h3-12,17,19H,13-16,18H2,1-2H3,(H,31,36)(H,32,33). The molecule has 0 aliphatic carbocycles. The van der Waals surface area contributed by atoms with E-state index in [9.17, 15) is 9.18 Å². The lowest BCUT2D eigenvalue weighted by Gasteiger charge is -2.32. The Hall–Kier alpha value is -3.59. The van der Waals surface area contributed by atoms with Gasteiger partial charge in [-0.3, -0.25) is 9.69 Å². The number of piperazine rings is 1. The van der Waals surface area contributed by atoms with Gasteiger partial charge in [-0.05, 0) is 61.5 Å². The van der Waals surface area contributed by atoms with Gasteiger partial charge in [0.05, 0.1) is 5.69 Å². The second kappa shape index (κ2) is 11.2. The van der Waals surface area contributed by atoms with Crippen LogP contribution >= 0.6 is 11.3 Å². The molecule has 2 N–H and O–H groups in total. The molecule has 1 amide bonds. The molecule has 37 heavy (non-hydrogen) atoms. The number of amides is 1. The summed E-state index contributed by atoms with van der Waals surface area (Å²) in [4.78, 5) is 22.2. The average Bonchev–Trinajstić information content (AvgIpc) is 3.36. The van der Waals surface area contributed by atoms with Gasteiger partial charge < -0.3 is 15.5 Å². The zero-order valence-corrected chi connectivity index (χ0v) is 21.8. The summed E-state index contributed by atoms with van der Waals surface area (Å²) in [6.07, 6.45) is 0. The number of thiazole rings is 1. The van der Waals surface area contributed by atoms with E-state index in [-0.39, 0.29) is 11.7 Å². The largest absolute Gasteiger partial charge is 0.331 e. The lowest BCUT2D eigenvalue weighted by atomic mass is 10.1. The van der Waals surface area contributed by atoms with Crippen LogP contribution in [0.25, 0.3) is 11.3 Å². The normalized spacial score (nSPS) is 14.5. The maximum Gasteiger partial charge on any atom is 0.255 e. The van der Waals surface area contributed by atoms with E-state index in [4.69, 9.17) is 0 Å². The predicted octanol–water partition coefficient (Wildman–Crippen LogP) is 6.00. The van der Waals surface area contributed by atoms with Gasteiger partial charge in [0.15, 0.2) is 5.13 Å². The monoisotopic (exact) mass is 515 g/mol. The maximum atomic E-state index is 14.1. The summed E-state index contributed by atoms with van der Waals surface area (Å²) >= 11 is 1.40. The summed E-state index contributed by atoms with van der Waals surface area (Å²) in [6, 6.07) is 20.2. The number of carbonyl (C=O) groups excluding carboxylic acids is 1. The van der Waals surface area contributed by atoms with E-state index >= 15 is 0 Å². The highest BCUT2D eigenvalue weighted by Crippen LogP contribution is 2.30. The number of rotatable bonds is 7. The first kappa shape index (κ1) is 25.1. The Bertz CT molecular complexity index is 1380. The van der Waals surface area contributed by atoms with Crippen molar-refractivity contribution in [3.63, 3.8) is 0 Å². The molecule has 0 bridgehead atoms. The van der Waals surface area contributed by atoms with Gasteiger partial charge in [0.25, 0.3) is 5.91 Å². The number of nitrogens with zero attached hydrogens (tertiary/aromatic N) is 3. The molecule has 190 valence electrons. The molecule has 1 fully saturated rings. The van der Waals surface area contributed by atoms with Crippen LogP contribution in [0.3, 0.4) is 0 Å². The summed E-state index contributed by atoms with van der Waals surface area (Å²) < 4.78 is 14.1. The maximum absolute atomic E-state index is 14.1. The van der Waals surface area contributed by atoms with Gasteiger partial charge in [0, 0.05) is 60.6 Å². The number of anilines is 3. The number of aromatic nitrogens is 1. The number of hydrogen-bond donors (Lipinski definition) is 2. The lowest BCUT2D eigenvalue weighted by molar-refractivity contribution is 0.102. The highest BCUT2D eigenvalue weighted by Gasteiger charge is 2.15. The highest BCUT2D eigenvalue weighted by atomic mass is 32.1. The molecule has 3 aromatic carbocycles. The topological polar surface area (TPSA) is 60.5 Å². The molecule has 1 saturated heterocycles. The Labute approximate surface area is 220 Å². The Balaban J connectivity index is 1.22. The average molecular weight is 516 g/mol. The number of benzene rings is 3. The first-order valence-corrected chi connectivity index (χ1v) is 13.2. The Morgan fingerprint density at radius 3 is 2.54 bits per heavy atom. The van der Waals surface area contributed by atoms with Crippen molar-refractivity contribution in [2.24, 2.45) is 0 Å². The third kappa shape index (κ3) is 6.22. The van der Waals surface area contributed by atoms with E-state index in [1.54, 1.807) is 18.2 Å². The van der Waals surface area contributed by atoms with Crippen LogP contribution in [0.4, 0.5) is 20.9 Å². The first-order valence-electron chi connectivity index (χ1n) is 12.3. The van der Waals surface area contributed by atoms with Gasteiger partial charge >= 0.3 is 0 Å². The zero-order chi connectivity index (χ0) is 25.8. The molecule has 0 spiro atoms. The van der Waals surface area contributed by atoms with Crippen molar-refractivity contribution in [3.8, 4) is 11.3 Å². The minimum Gasteiger partial charge on any atom is -0.331 e. The van der Waals surface area contributed by atoms with Crippen molar-refractivity contribution in [2.45, 2.75) is 13.5 Å². The van der Waals surface area contributed by atoms with Crippen molar-refractivity contribution in [2.75, 3.05) is 43.9 Å². The van der Waals surface area contributed by atoms with Crippen LogP contribution in [-0.4, -0.2) is 53.9 Å². The SMILES string of the molecule is Cc1ccc(NC(=O)c2ccc(CN3CCN(C)CC3)cc2)cc1Nc1nc(-c2ccccc2F)cs1. The second-order valence-electron chi connectivity index (χ2n) is 9.40. The predicted molar refractivity (Wildman–Crippen MR) is 149 cm³/mol. The molecular formula is C29H30FN5OS. The summed E-state index contributed by atoms with van der Waals surface area (Å²) in [6.45, 7) is 7.19. The number of hydrogen-bond acceptors (Lipinski definition) is 6. The third-order valence-corrected chi connectivity index (χ3v) is 7.37. The molecule has 6 nitrogen and oxygen atoms in total. The number of carbonyl (C=O) groups is 1. The number of nitrogens with one attached hydrogen (secondary N) is 2. The Morgan fingerprint density at radius 2 is 1.78 bits per heavy atom. The van der Waals surface area contributed by atoms with E-state index in [0.717, 1.165) is 44.0 Å².